The topological polar surface area (TPSA) is 44.8 Å². The molecule has 0 aromatic heterocycles. The number of hydrogen-bond donors (Lipinski definition) is 0. The molecule has 4 heteroatoms. The van der Waals surface area contributed by atoms with E-state index in [1.165, 1.54) is 0 Å². The largest absolute Gasteiger partial charge is 0.465 e. The highest BCUT2D eigenvalue weighted by Gasteiger charge is 2.10. The average Bonchev–Trinajstić information content (AvgIpc) is 2.47. The van der Waals surface area contributed by atoms with Crippen molar-refractivity contribution in [2.24, 2.45) is 0 Å². The molecule has 0 bridgehead atoms. The van der Waals surface area contributed by atoms with Crippen molar-refractivity contribution in [3.8, 4) is 11.5 Å². The molecule has 0 saturated heterocycles. The van der Waals surface area contributed by atoms with Gasteiger partial charge in [0, 0.05) is 24.0 Å². The van der Waals surface area contributed by atoms with Crippen LogP contribution in [0.25, 0.3) is 10.8 Å². The van der Waals surface area contributed by atoms with Crippen LogP contribution < -0.4 is 9.47 Å². The molecule has 104 valence electrons. The lowest BCUT2D eigenvalue weighted by molar-refractivity contribution is -0.128. The summed E-state index contributed by atoms with van der Waals surface area (Å²) in [5.74, 6) is 0.658. The van der Waals surface area contributed by atoms with Crippen LogP contribution >= 0.6 is 0 Å². The van der Waals surface area contributed by atoms with E-state index in [9.17, 15) is 4.79 Å². The lowest BCUT2D eigenvalue weighted by atomic mass is 10.1. The van der Waals surface area contributed by atoms with Crippen molar-refractivity contribution in [1.82, 2.24) is 0 Å². The van der Waals surface area contributed by atoms with Crippen molar-refractivity contribution in [1.29, 1.82) is 0 Å². The van der Waals surface area contributed by atoms with E-state index in [4.69, 9.17) is 14.2 Å². The second kappa shape index (κ2) is 6.21. The van der Waals surface area contributed by atoms with Crippen molar-refractivity contribution >= 4 is 16.7 Å². The predicted octanol–water partition coefficient (Wildman–Crippen LogP) is 3.30. The Hall–Kier alpha value is -2.33. The lowest BCUT2D eigenvalue weighted by Crippen LogP contribution is -2.13. The van der Waals surface area contributed by atoms with Gasteiger partial charge in [0.2, 0.25) is 0 Å². The molecule has 1 unspecified atom stereocenters. The first-order valence-electron chi connectivity index (χ1n) is 6.21. The van der Waals surface area contributed by atoms with Gasteiger partial charge in [0.15, 0.2) is 6.29 Å². The molecule has 0 aliphatic heterocycles. The maximum Gasteiger partial charge on any atom is 0.335 e. The fraction of sp³-hybridized carbons (Fsp3) is 0.188. The van der Waals surface area contributed by atoms with Crippen molar-refractivity contribution in [3.63, 3.8) is 0 Å². The first-order valence-corrected chi connectivity index (χ1v) is 6.21. The van der Waals surface area contributed by atoms with Crippen LogP contribution in [0, 0.1) is 0 Å². The molecule has 2 aromatic rings. The molecule has 2 rings (SSSR count). The van der Waals surface area contributed by atoms with Crippen molar-refractivity contribution in [2.45, 2.75) is 13.2 Å². The van der Waals surface area contributed by atoms with E-state index >= 15 is 0 Å². The molecule has 0 radical (unpaired) electrons. The van der Waals surface area contributed by atoms with Gasteiger partial charge >= 0.3 is 5.97 Å². The summed E-state index contributed by atoms with van der Waals surface area (Å²) in [6, 6.07) is 11.0. The molecular formula is C16H16O4. The van der Waals surface area contributed by atoms with Crippen LogP contribution in [-0.2, 0) is 9.53 Å². The number of carbonyl (C=O) groups is 1. The summed E-state index contributed by atoms with van der Waals surface area (Å²) in [5, 5.41) is 1.65. The first-order chi connectivity index (χ1) is 9.65. The van der Waals surface area contributed by atoms with E-state index in [0.717, 1.165) is 16.8 Å². The van der Waals surface area contributed by atoms with Crippen molar-refractivity contribution in [2.75, 3.05) is 7.11 Å². The van der Waals surface area contributed by atoms with Gasteiger partial charge in [-0.2, -0.15) is 0 Å². The van der Waals surface area contributed by atoms with Crippen LogP contribution in [0.2, 0.25) is 0 Å². The number of esters is 1. The van der Waals surface area contributed by atoms with Crippen LogP contribution in [0.4, 0.5) is 0 Å². The minimum Gasteiger partial charge on any atom is -0.465 e. The van der Waals surface area contributed by atoms with E-state index < -0.39 is 5.97 Å². The molecule has 0 aliphatic carbocycles. The fourth-order valence-electron chi connectivity index (χ4n) is 1.82. The Morgan fingerprint density at radius 1 is 1.15 bits per heavy atom. The summed E-state index contributed by atoms with van der Waals surface area (Å²) in [5.41, 5.74) is 0. The van der Waals surface area contributed by atoms with Gasteiger partial charge in [-0.3, -0.25) is 0 Å². The number of rotatable bonds is 5. The summed E-state index contributed by atoms with van der Waals surface area (Å²) >= 11 is 0. The molecule has 20 heavy (non-hydrogen) atoms. The van der Waals surface area contributed by atoms with Crippen LogP contribution in [0.1, 0.15) is 6.92 Å². The number of fused-ring (bicyclic) bond motifs is 1. The van der Waals surface area contributed by atoms with Crippen molar-refractivity contribution in [3.05, 3.63) is 49.1 Å². The Kier molecular flexibility index (Phi) is 4.38. The third kappa shape index (κ3) is 2.97. The fourth-order valence-corrected chi connectivity index (χ4v) is 1.82. The van der Waals surface area contributed by atoms with E-state index in [1.807, 2.05) is 24.3 Å². The number of hydrogen-bond acceptors (Lipinski definition) is 4. The number of ether oxygens (including phenoxy) is 3. The van der Waals surface area contributed by atoms with Gasteiger partial charge in [0.05, 0.1) is 0 Å². The van der Waals surface area contributed by atoms with Gasteiger partial charge in [-0.25, -0.2) is 4.79 Å². The first kappa shape index (κ1) is 14.1. The van der Waals surface area contributed by atoms with Gasteiger partial charge in [0.1, 0.15) is 11.5 Å². The Bertz CT molecular complexity index is 633. The van der Waals surface area contributed by atoms with E-state index in [1.54, 1.807) is 26.2 Å². The summed E-state index contributed by atoms with van der Waals surface area (Å²) in [6.07, 6.45) is 0.770. The molecule has 0 spiro atoms. The second-order valence-electron chi connectivity index (χ2n) is 4.15. The Morgan fingerprint density at radius 2 is 1.75 bits per heavy atom. The number of carbonyl (C=O) groups excluding carboxylic acids is 1. The zero-order valence-corrected chi connectivity index (χ0v) is 11.5. The molecule has 0 aliphatic rings. The Balaban J connectivity index is 2.45. The third-order valence-corrected chi connectivity index (χ3v) is 2.84. The Morgan fingerprint density at radius 3 is 2.35 bits per heavy atom. The maximum atomic E-state index is 11.3. The van der Waals surface area contributed by atoms with Crippen LogP contribution in [0.5, 0.6) is 11.5 Å². The molecule has 4 nitrogen and oxygen atoms in total. The predicted molar refractivity (Wildman–Crippen MR) is 76.9 cm³/mol. The van der Waals surface area contributed by atoms with E-state index in [-0.39, 0.29) is 6.29 Å². The minimum atomic E-state index is -0.492. The van der Waals surface area contributed by atoms with Crippen LogP contribution in [-0.4, -0.2) is 19.4 Å². The van der Waals surface area contributed by atoms with Gasteiger partial charge in [0.25, 0.3) is 0 Å². The highest BCUT2D eigenvalue weighted by Crippen LogP contribution is 2.32. The van der Waals surface area contributed by atoms with Gasteiger partial charge in [-0.05, 0) is 19.1 Å². The number of benzene rings is 2. The van der Waals surface area contributed by atoms with Crippen molar-refractivity contribution < 1.29 is 19.0 Å². The minimum absolute atomic E-state index is 0.361. The quantitative estimate of drug-likeness (QED) is 0.362. The lowest BCUT2D eigenvalue weighted by Gasteiger charge is -2.15. The molecule has 0 amide bonds. The smallest absolute Gasteiger partial charge is 0.335 e. The molecule has 2 aromatic carbocycles. The highest BCUT2D eigenvalue weighted by atomic mass is 16.7. The SMILES string of the molecule is C=CC(=O)Oc1cccc2c(OC(C)OC)cccc12. The standard InChI is InChI=1S/C16H16O4/c1-4-16(17)20-15-10-6-7-12-13(15)8-5-9-14(12)19-11(2)18-3/h4-11H,1H2,2-3H3. The third-order valence-electron chi connectivity index (χ3n) is 2.84. The van der Waals surface area contributed by atoms with Crippen LogP contribution in [0.15, 0.2) is 49.1 Å². The monoisotopic (exact) mass is 272 g/mol. The summed E-state index contributed by atoms with van der Waals surface area (Å²) < 4.78 is 16.0. The van der Waals surface area contributed by atoms with Gasteiger partial charge in [-0.1, -0.05) is 30.8 Å². The zero-order valence-electron chi connectivity index (χ0n) is 11.5. The summed E-state index contributed by atoms with van der Waals surface area (Å²) in [7, 11) is 1.58. The molecule has 1 atom stereocenters. The highest BCUT2D eigenvalue weighted by molar-refractivity contribution is 5.95. The summed E-state index contributed by atoms with van der Waals surface area (Å²) in [4.78, 5) is 11.3. The van der Waals surface area contributed by atoms with Gasteiger partial charge < -0.3 is 14.2 Å². The molecule has 0 saturated carbocycles. The Labute approximate surface area is 117 Å². The maximum absolute atomic E-state index is 11.3. The second-order valence-corrected chi connectivity index (χ2v) is 4.15. The molecule has 0 N–H and O–H groups in total. The molecular weight excluding hydrogens is 256 g/mol. The normalized spacial score (nSPS) is 11.9. The van der Waals surface area contributed by atoms with Crippen LogP contribution in [0.3, 0.4) is 0 Å². The van der Waals surface area contributed by atoms with E-state index in [0.29, 0.717) is 11.5 Å². The summed E-state index contributed by atoms with van der Waals surface area (Å²) in [6.45, 7) is 5.20. The average molecular weight is 272 g/mol. The zero-order chi connectivity index (χ0) is 14.5. The molecule has 0 fully saturated rings. The molecule has 0 heterocycles. The van der Waals surface area contributed by atoms with Gasteiger partial charge in [-0.15, -0.1) is 0 Å². The van der Waals surface area contributed by atoms with E-state index in [2.05, 4.69) is 6.58 Å². The number of methoxy groups -OCH3 is 1.